The van der Waals surface area contributed by atoms with E-state index in [4.69, 9.17) is 0 Å². The van der Waals surface area contributed by atoms with Crippen LogP contribution in [0.15, 0.2) is 42.5 Å². The number of carboxylic acid groups (broad SMARTS) is 1. The van der Waals surface area contributed by atoms with Crippen molar-refractivity contribution < 1.29 is 9.90 Å². The second kappa shape index (κ2) is 5.60. The maximum atomic E-state index is 11.9. The van der Waals surface area contributed by atoms with Crippen molar-refractivity contribution in [3.63, 3.8) is 0 Å². The van der Waals surface area contributed by atoms with E-state index in [1.807, 2.05) is 63.2 Å². The lowest BCUT2D eigenvalue weighted by Gasteiger charge is -2.30. The third kappa shape index (κ3) is 2.92. The van der Waals surface area contributed by atoms with Crippen LogP contribution in [0.25, 0.3) is 0 Å². The molecule has 0 fully saturated rings. The Morgan fingerprint density at radius 2 is 1.71 bits per heavy atom. The number of nitrogens with one attached hydrogen (secondary N) is 1. The second-order valence-electron chi connectivity index (χ2n) is 5.69. The lowest BCUT2D eigenvalue weighted by atomic mass is 9.87. The smallest absolute Gasteiger partial charge is 0.333 e. The van der Waals surface area contributed by atoms with Crippen molar-refractivity contribution in [2.45, 2.75) is 33.2 Å². The zero-order valence-electron chi connectivity index (χ0n) is 12.9. The highest BCUT2D eigenvalue weighted by molar-refractivity contribution is 5.85. The van der Waals surface area contributed by atoms with Crippen LogP contribution in [-0.4, -0.2) is 11.1 Å². The number of anilines is 1. The van der Waals surface area contributed by atoms with Crippen molar-refractivity contribution in [1.82, 2.24) is 0 Å². The summed E-state index contributed by atoms with van der Waals surface area (Å²) in [5.41, 5.74) is 3.50. The lowest BCUT2D eigenvalue weighted by molar-refractivity contribution is -0.142. The molecule has 1 atom stereocenters. The van der Waals surface area contributed by atoms with Crippen LogP contribution >= 0.6 is 0 Å². The Labute approximate surface area is 125 Å². The molecule has 0 radical (unpaired) electrons. The molecule has 0 aromatic heterocycles. The summed E-state index contributed by atoms with van der Waals surface area (Å²) >= 11 is 0. The highest BCUT2D eigenvalue weighted by atomic mass is 16.4. The summed E-state index contributed by atoms with van der Waals surface area (Å²) in [4.78, 5) is 11.9. The van der Waals surface area contributed by atoms with Crippen LogP contribution in [0.3, 0.4) is 0 Å². The number of benzene rings is 2. The molecular formula is C18H21NO2. The molecule has 0 heterocycles. The molecule has 21 heavy (non-hydrogen) atoms. The average molecular weight is 283 g/mol. The first kappa shape index (κ1) is 15.1. The molecular weight excluding hydrogens is 262 g/mol. The van der Waals surface area contributed by atoms with Crippen molar-refractivity contribution in [2.75, 3.05) is 5.32 Å². The minimum atomic E-state index is -1.16. The third-order valence-electron chi connectivity index (χ3n) is 3.89. The first-order valence-corrected chi connectivity index (χ1v) is 6.99. The predicted octanol–water partition coefficient (Wildman–Crippen LogP) is 4.02. The largest absolute Gasteiger partial charge is 0.479 e. The molecule has 2 aromatic rings. The van der Waals surface area contributed by atoms with Gasteiger partial charge in [-0.1, -0.05) is 42.0 Å². The van der Waals surface area contributed by atoms with E-state index in [0.717, 1.165) is 27.9 Å². The van der Waals surface area contributed by atoms with Crippen molar-refractivity contribution in [3.05, 3.63) is 64.7 Å². The summed E-state index contributed by atoms with van der Waals surface area (Å²) in [6.07, 6.45) is 0. The van der Waals surface area contributed by atoms with Gasteiger partial charge in [0.25, 0.3) is 0 Å². The monoisotopic (exact) mass is 283 g/mol. The molecule has 0 saturated heterocycles. The molecule has 110 valence electrons. The van der Waals surface area contributed by atoms with Gasteiger partial charge in [0.1, 0.15) is 0 Å². The molecule has 0 amide bonds. The Kier molecular flexibility index (Phi) is 4.03. The summed E-state index contributed by atoms with van der Waals surface area (Å²) in [7, 11) is 0. The van der Waals surface area contributed by atoms with E-state index in [2.05, 4.69) is 5.32 Å². The molecule has 0 aliphatic heterocycles. The number of carbonyl (C=O) groups is 1. The molecule has 2 N–H and O–H groups in total. The van der Waals surface area contributed by atoms with E-state index < -0.39 is 11.5 Å². The fraction of sp³-hybridized carbons (Fsp3) is 0.278. The quantitative estimate of drug-likeness (QED) is 0.891. The van der Waals surface area contributed by atoms with E-state index >= 15 is 0 Å². The number of para-hydroxylation sites is 1. The van der Waals surface area contributed by atoms with Gasteiger partial charge in [-0.3, -0.25) is 0 Å². The van der Waals surface area contributed by atoms with Crippen LogP contribution in [-0.2, 0) is 10.3 Å². The fourth-order valence-electron chi connectivity index (χ4n) is 2.49. The van der Waals surface area contributed by atoms with Crippen LogP contribution in [0.5, 0.6) is 0 Å². The van der Waals surface area contributed by atoms with Crippen molar-refractivity contribution >= 4 is 11.7 Å². The van der Waals surface area contributed by atoms with E-state index in [-0.39, 0.29) is 0 Å². The minimum Gasteiger partial charge on any atom is -0.479 e. The van der Waals surface area contributed by atoms with Crippen molar-refractivity contribution in [2.24, 2.45) is 0 Å². The topological polar surface area (TPSA) is 49.3 Å². The van der Waals surface area contributed by atoms with Crippen LogP contribution in [0.4, 0.5) is 5.69 Å². The van der Waals surface area contributed by atoms with Gasteiger partial charge in [0.05, 0.1) is 0 Å². The van der Waals surface area contributed by atoms with Crippen LogP contribution in [0.2, 0.25) is 0 Å². The number of rotatable bonds is 4. The Hall–Kier alpha value is -2.29. The molecule has 1 unspecified atom stereocenters. The summed E-state index contributed by atoms with van der Waals surface area (Å²) in [5, 5.41) is 13.0. The Balaban J connectivity index is 2.53. The predicted molar refractivity (Wildman–Crippen MR) is 85.7 cm³/mol. The van der Waals surface area contributed by atoms with E-state index in [9.17, 15) is 9.90 Å². The molecule has 2 rings (SSSR count). The Bertz CT molecular complexity index is 679. The molecule has 0 saturated carbocycles. The van der Waals surface area contributed by atoms with E-state index in [1.165, 1.54) is 0 Å². The van der Waals surface area contributed by atoms with Gasteiger partial charge in [0, 0.05) is 5.69 Å². The summed E-state index contributed by atoms with van der Waals surface area (Å²) in [6.45, 7) is 7.59. The molecule has 2 aromatic carbocycles. The molecule has 0 spiro atoms. The lowest BCUT2D eigenvalue weighted by Crippen LogP contribution is -2.41. The van der Waals surface area contributed by atoms with E-state index in [1.54, 1.807) is 6.92 Å². The van der Waals surface area contributed by atoms with Crippen LogP contribution in [0, 0.1) is 20.8 Å². The van der Waals surface area contributed by atoms with Gasteiger partial charge >= 0.3 is 5.97 Å². The zero-order chi connectivity index (χ0) is 15.6. The highest BCUT2D eigenvalue weighted by Gasteiger charge is 2.36. The molecule has 3 heteroatoms. The first-order valence-electron chi connectivity index (χ1n) is 6.99. The number of aryl methyl sites for hydroxylation is 3. The van der Waals surface area contributed by atoms with Crippen LogP contribution in [0.1, 0.15) is 29.2 Å². The van der Waals surface area contributed by atoms with Crippen molar-refractivity contribution in [3.8, 4) is 0 Å². The number of hydrogen-bond donors (Lipinski definition) is 2. The van der Waals surface area contributed by atoms with E-state index in [0.29, 0.717) is 0 Å². The van der Waals surface area contributed by atoms with Crippen molar-refractivity contribution in [1.29, 1.82) is 0 Å². The highest BCUT2D eigenvalue weighted by Crippen LogP contribution is 2.31. The molecule has 0 bridgehead atoms. The third-order valence-corrected chi connectivity index (χ3v) is 3.89. The first-order chi connectivity index (χ1) is 9.84. The van der Waals surface area contributed by atoms with Gasteiger partial charge in [-0.2, -0.15) is 0 Å². The van der Waals surface area contributed by atoms with Gasteiger partial charge in [0.15, 0.2) is 5.54 Å². The van der Waals surface area contributed by atoms with Gasteiger partial charge in [-0.25, -0.2) is 4.79 Å². The number of aliphatic carboxylic acids is 1. The minimum absolute atomic E-state index is 0.790. The SMILES string of the molecule is Cc1ccc(C)c(C(C)(Nc2ccccc2C)C(=O)O)c1. The Morgan fingerprint density at radius 1 is 1.05 bits per heavy atom. The standard InChI is InChI=1S/C18H21NO2/c1-12-9-10-13(2)15(11-12)18(4,17(20)21)19-16-8-6-5-7-14(16)3/h5-11,19H,1-4H3,(H,20,21). The maximum absolute atomic E-state index is 11.9. The maximum Gasteiger partial charge on any atom is 0.333 e. The zero-order valence-corrected chi connectivity index (χ0v) is 12.9. The second-order valence-corrected chi connectivity index (χ2v) is 5.69. The average Bonchev–Trinajstić information content (AvgIpc) is 2.43. The molecule has 3 nitrogen and oxygen atoms in total. The summed E-state index contributed by atoms with van der Waals surface area (Å²) in [5.74, 6) is -0.889. The van der Waals surface area contributed by atoms with Gasteiger partial charge in [-0.05, 0) is 50.5 Å². The van der Waals surface area contributed by atoms with Gasteiger partial charge in [0.2, 0.25) is 0 Å². The normalized spacial score (nSPS) is 13.5. The van der Waals surface area contributed by atoms with Gasteiger partial charge < -0.3 is 10.4 Å². The molecule has 0 aliphatic rings. The number of carboxylic acids is 1. The van der Waals surface area contributed by atoms with Crippen LogP contribution < -0.4 is 5.32 Å². The number of hydrogen-bond acceptors (Lipinski definition) is 2. The molecule has 0 aliphatic carbocycles. The fourth-order valence-corrected chi connectivity index (χ4v) is 2.49. The summed E-state index contributed by atoms with van der Waals surface area (Å²) < 4.78 is 0. The Morgan fingerprint density at radius 3 is 2.33 bits per heavy atom. The summed E-state index contributed by atoms with van der Waals surface area (Å²) in [6, 6.07) is 13.6. The van der Waals surface area contributed by atoms with Gasteiger partial charge in [-0.15, -0.1) is 0 Å².